The van der Waals surface area contributed by atoms with Gasteiger partial charge in [-0.05, 0) is 71.2 Å². The van der Waals surface area contributed by atoms with Crippen LogP contribution in [0.25, 0.3) is 0 Å². The van der Waals surface area contributed by atoms with Gasteiger partial charge in [-0.2, -0.15) is 31.8 Å². The topological polar surface area (TPSA) is 284 Å². The Balaban J connectivity index is 1.42. The minimum atomic E-state index is -5.03. The van der Waals surface area contributed by atoms with Crippen molar-refractivity contribution in [3.63, 3.8) is 0 Å². The van der Waals surface area contributed by atoms with E-state index in [1.807, 2.05) is 0 Å². The first-order valence-corrected chi connectivity index (χ1v) is 18.0. The van der Waals surface area contributed by atoms with Crippen molar-refractivity contribution in [3.8, 4) is 0 Å². The number of ketones is 2. The highest BCUT2D eigenvalue weighted by Gasteiger charge is 2.36. The number of nitrogens with two attached hydrogens (primary N) is 1. The summed E-state index contributed by atoms with van der Waals surface area (Å²) in [6.07, 6.45) is 0. The van der Waals surface area contributed by atoms with Gasteiger partial charge in [0.1, 0.15) is 9.79 Å². The number of anilines is 7. The molecule has 17 nitrogen and oxygen atoms in total. The minimum absolute atomic E-state index is 0.00331. The molecule has 0 saturated heterocycles. The lowest BCUT2D eigenvalue weighted by molar-refractivity contribution is 0.0980. The predicted molar refractivity (Wildman–Crippen MR) is 179 cm³/mol. The number of carbonyl (C=O) groups is 2. The van der Waals surface area contributed by atoms with Crippen LogP contribution in [0, 0.1) is 0 Å². The highest BCUT2D eigenvalue weighted by Crippen LogP contribution is 2.40. The number of rotatable bonds is 9. The van der Waals surface area contributed by atoms with Gasteiger partial charge in [-0.15, -0.1) is 0 Å². The Kier molecular flexibility index (Phi) is 8.86. The van der Waals surface area contributed by atoms with E-state index >= 15 is 0 Å². The second kappa shape index (κ2) is 12.8. The van der Waals surface area contributed by atoms with Crippen LogP contribution in [0.2, 0.25) is 5.28 Å². The smallest absolute Gasteiger partial charge is 0.296 e. The molecular formula is C29H19ClN7O10S3-. The van der Waals surface area contributed by atoms with E-state index < -0.39 is 63.9 Å². The molecule has 1 atom stereocenters. The van der Waals surface area contributed by atoms with Gasteiger partial charge in [-0.3, -0.25) is 22.9 Å². The van der Waals surface area contributed by atoms with Crippen LogP contribution in [0.15, 0.2) is 87.5 Å². The van der Waals surface area contributed by atoms with E-state index in [9.17, 15) is 44.3 Å². The average molecular weight is 757 g/mol. The molecule has 4 aromatic carbocycles. The summed E-state index contributed by atoms with van der Waals surface area (Å²) >= 11 is 3.61. The second-order valence-electron chi connectivity index (χ2n) is 10.3. The third-order valence-corrected chi connectivity index (χ3v) is 9.80. The Morgan fingerprint density at radius 3 is 1.84 bits per heavy atom. The van der Waals surface area contributed by atoms with Gasteiger partial charge in [0.2, 0.25) is 17.2 Å². The minimum Gasteiger partial charge on any atom is -0.768 e. The molecule has 6 rings (SSSR count). The van der Waals surface area contributed by atoms with Gasteiger partial charge < -0.3 is 26.2 Å². The Bertz CT molecular complexity index is 2520. The Morgan fingerprint density at radius 2 is 1.26 bits per heavy atom. The normalized spacial score (nSPS) is 13.3. The molecule has 5 aromatic rings. The lowest BCUT2D eigenvalue weighted by Gasteiger charge is -2.24. The van der Waals surface area contributed by atoms with E-state index in [4.69, 9.17) is 17.3 Å². The van der Waals surface area contributed by atoms with E-state index in [-0.39, 0.29) is 55.8 Å². The largest absolute Gasteiger partial charge is 0.768 e. The summed E-state index contributed by atoms with van der Waals surface area (Å²) in [5, 5.41) is 7.80. The number of benzene rings is 4. The van der Waals surface area contributed by atoms with Gasteiger partial charge in [0.25, 0.3) is 20.2 Å². The molecule has 21 heteroatoms. The summed E-state index contributed by atoms with van der Waals surface area (Å²) in [5.41, 5.74) is 4.23. The third kappa shape index (κ3) is 6.76. The van der Waals surface area contributed by atoms with E-state index in [0.717, 1.165) is 24.3 Å². The maximum Gasteiger partial charge on any atom is 0.296 e. The van der Waals surface area contributed by atoms with E-state index in [1.54, 1.807) is 0 Å². The van der Waals surface area contributed by atoms with Crippen molar-refractivity contribution >= 4 is 94.8 Å². The van der Waals surface area contributed by atoms with Crippen LogP contribution in [0.1, 0.15) is 31.8 Å². The van der Waals surface area contributed by atoms with E-state index in [2.05, 4.69) is 30.9 Å². The fraction of sp³-hybridized carbons (Fsp3) is 0. The van der Waals surface area contributed by atoms with Crippen molar-refractivity contribution in [2.24, 2.45) is 0 Å². The fourth-order valence-corrected chi connectivity index (χ4v) is 6.85. The number of nitrogen functional groups attached to an aromatic ring is 1. The van der Waals surface area contributed by atoms with Crippen LogP contribution in [-0.2, 0) is 31.3 Å². The van der Waals surface area contributed by atoms with Crippen LogP contribution >= 0.6 is 11.6 Å². The van der Waals surface area contributed by atoms with Crippen molar-refractivity contribution in [3.05, 3.63) is 100 Å². The number of aromatic nitrogens is 3. The molecule has 0 fully saturated rings. The van der Waals surface area contributed by atoms with Gasteiger partial charge in [0, 0.05) is 27.4 Å². The molecule has 0 saturated carbocycles. The molecule has 1 aliphatic carbocycles. The van der Waals surface area contributed by atoms with Crippen molar-refractivity contribution in [2.45, 2.75) is 14.7 Å². The summed E-state index contributed by atoms with van der Waals surface area (Å²) in [6, 6.07) is 15.3. The number of hydrogen-bond donors (Lipinski definition) is 6. The molecule has 1 aliphatic rings. The zero-order valence-electron chi connectivity index (χ0n) is 24.6. The highest BCUT2D eigenvalue weighted by atomic mass is 35.5. The average Bonchev–Trinajstić information content (AvgIpc) is 3.03. The van der Waals surface area contributed by atoms with Gasteiger partial charge in [0.15, 0.2) is 11.6 Å². The molecule has 0 amide bonds. The predicted octanol–water partition coefficient (Wildman–Crippen LogP) is 3.84. The van der Waals surface area contributed by atoms with Crippen LogP contribution in [0.4, 0.5) is 40.3 Å². The van der Waals surface area contributed by atoms with Crippen molar-refractivity contribution in [2.75, 3.05) is 21.7 Å². The lowest BCUT2D eigenvalue weighted by atomic mass is 9.82. The molecule has 0 radical (unpaired) electrons. The van der Waals surface area contributed by atoms with Crippen LogP contribution < -0.4 is 21.7 Å². The molecule has 7 N–H and O–H groups in total. The molecule has 1 unspecified atom stereocenters. The van der Waals surface area contributed by atoms with Crippen molar-refractivity contribution in [1.82, 2.24) is 15.0 Å². The zero-order valence-corrected chi connectivity index (χ0v) is 27.8. The number of fused-ring (bicyclic) bond motifs is 2. The molecular weight excluding hydrogens is 738 g/mol. The highest BCUT2D eigenvalue weighted by molar-refractivity contribution is 7.86. The van der Waals surface area contributed by atoms with Crippen LogP contribution in [0.3, 0.4) is 0 Å². The monoisotopic (exact) mass is 756 g/mol. The first-order valence-electron chi connectivity index (χ1n) is 13.7. The Hall–Kier alpha value is -5.35. The van der Waals surface area contributed by atoms with Gasteiger partial charge >= 0.3 is 0 Å². The standard InChI is InChI=1S/C29H20ClN7O10S3/c30-27-35-28(33-13-5-8-15(9-6-13)48(40)41)37-29(36-27)34-18-11-14(7-10-20(18)49(42,43)44)32-19-12-21(50(45,46)47)24(31)23-22(19)25(38)16-3-1-2-4-17(16)26(23)39/h1-12,32H,31H2,(H,40,41)(H,42,43,44)(H,45,46,47)(H2,33,34,35,36,37)/p-1. The zero-order chi connectivity index (χ0) is 36.1. The number of hydrogen-bond acceptors (Lipinski definition) is 15. The molecule has 0 spiro atoms. The van der Waals surface area contributed by atoms with Crippen LogP contribution in [0.5, 0.6) is 0 Å². The maximum atomic E-state index is 13.7. The molecule has 0 aliphatic heterocycles. The first kappa shape index (κ1) is 34.5. The summed E-state index contributed by atoms with van der Waals surface area (Å²) < 4.78 is 91.4. The maximum absolute atomic E-state index is 13.7. The molecule has 256 valence electrons. The molecule has 0 bridgehead atoms. The fourth-order valence-electron chi connectivity index (χ4n) is 5.05. The number of carbonyl (C=O) groups excluding carboxylic acids is 2. The van der Waals surface area contributed by atoms with Crippen molar-refractivity contribution in [1.29, 1.82) is 0 Å². The number of nitrogens with zero attached hydrogens (tertiary/aromatic N) is 3. The second-order valence-corrected chi connectivity index (χ2v) is 14.4. The van der Waals surface area contributed by atoms with Gasteiger partial charge in [0.05, 0.1) is 28.2 Å². The van der Waals surface area contributed by atoms with Gasteiger partial charge in [-0.25, -0.2) is 0 Å². The van der Waals surface area contributed by atoms with Gasteiger partial charge in [-0.1, -0.05) is 24.3 Å². The summed E-state index contributed by atoms with van der Waals surface area (Å²) in [5.74, 6) is -1.96. The summed E-state index contributed by atoms with van der Waals surface area (Å²) in [4.78, 5) is 37.6. The van der Waals surface area contributed by atoms with Crippen molar-refractivity contribution < 1.29 is 44.3 Å². The SMILES string of the molecule is Nc1c(S(=O)(=O)O)cc(Nc2ccc(S(=O)(=O)O)c(Nc3nc(Cl)nc(Nc4ccc(S(=O)[O-])cc4)n3)c2)c2c1C(=O)c1ccccc1C2=O. The molecule has 1 heterocycles. The summed E-state index contributed by atoms with van der Waals surface area (Å²) in [7, 11) is -9.94. The van der Waals surface area contributed by atoms with E-state index in [0.29, 0.717) is 5.69 Å². The molecule has 50 heavy (non-hydrogen) atoms. The Labute approximate surface area is 289 Å². The Morgan fingerprint density at radius 1 is 0.700 bits per heavy atom. The number of halogens is 1. The summed E-state index contributed by atoms with van der Waals surface area (Å²) in [6.45, 7) is 0. The van der Waals surface area contributed by atoms with Crippen LogP contribution in [-0.4, -0.2) is 61.2 Å². The lowest BCUT2D eigenvalue weighted by Crippen LogP contribution is -2.25. The third-order valence-electron chi connectivity index (χ3n) is 7.17. The molecule has 1 aromatic heterocycles. The van der Waals surface area contributed by atoms with E-state index in [1.165, 1.54) is 48.5 Å². The quantitative estimate of drug-likeness (QED) is 0.0694. The number of nitrogens with one attached hydrogen (secondary N) is 3. The first-order chi connectivity index (χ1) is 23.5.